The summed E-state index contributed by atoms with van der Waals surface area (Å²) in [4.78, 5) is 13.7. The lowest BCUT2D eigenvalue weighted by molar-refractivity contribution is -0.147. The second-order valence-electron chi connectivity index (χ2n) is 7.48. The van der Waals surface area contributed by atoms with E-state index in [9.17, 15) is 18.0 Å². The van der Waals surface area contributed by atoms with Gasteiger partial charge in [0.25, 0.3) is 5.82 Å². The molecule has 2 atom stereocenters. The molecular weight excluding hydrogens is 473 g/mol. The van der Waals surface area contributed by atoms with Crippen molar-refractivity contribution in [3.05, 3.63) is 59.4 Å². The number of para-hydroxylation sites is 1. The van der Waals surface area contributed by atoms with Gasteiger partial charge in [-0.15, -0.1) is 10.2 Å². The molecule has 0 saturated heterocycles. The van der Waals surface area contributed by atoms with Crippen LogP contribution in [-0.4, -0.2) is 45.7 Å². The first-order chi connectivity index (χ1) is 16.4. The molecule has 2 aliphatic heterocycles. The first-order valence-electron chi connectivity index (χ1n) is 10.5. The van der Waals surface area contributed by atoms with Gasteiger partial charge in [-0.25, -0.2) is 4.68 Å². The average Bonchev–Trinajstić information content (AvgIpc) is 3.27. The van der Waals surface area contributed by atoms with Crippen molar-refractivity contribution in [2.45, 2.75) is 29.5 Å². The molecule has 34 heavy (non-hydrogen) atoms. The molecular formula is C22H19F3N4O4S. The Morgan fingerprint density at radius 2 is 1.94 bits per heavy atom. The Morgan fingerprint density at radius 3 is 2.71 bits per heavy atom. The van der Waals surface area contributed by atoms with Gasteiger partial charge in [0.15, 0.2) is 17.3 Å². The van der Waals surface area contributed by atoms with E-state index in [1.165, 1.54) is 0 Å². The summed E-state index contributed by atoms with van der Waals surface area (Å²) in [5.74, 6) is -0.0643. The number of halogens is 3. The highest BCUT2D eigenvalue weighted by Crippen LogP contribution is 2.43. The number of ether oxygens (including phenoxy) is 3. The van der Waals surface area contributed by atoms with Crippen molar-refractivity contribution in [2.75, 3.05) is 25.2 Å². The lowest BCUT2D eigenvalue weighted by Crippen LogP contribution is -2.40. The minimum absolute atomic E-state index is 0.0617. The predicted molar refractivity (Wildman–Crippen MR) is 116 cm³/mol. The van der Waals surface area contributed by atoms with Crippen molar-refractivity contribution in [1.82, 2.24) is 14.9 Å². The van der Waals surface area contributed by atoms with Gasteiger partial charge in [0.1, 0.15) is 24.2 Å². The zero-order valence-corrected chi connectivity index (χ0v) is 18.7. The van der Waals surface area contributed by atoms with Crippen LogP contribution in [0.2, 0.25) is 0 Å². The number of carbonyl (C=O) groups excluding carboxylic acids is 1. The number of nitrogens with zero attached hydrogens (tertiary/aromatic N) is 3. The Kier molecular flexibility index (Phi) is 5.76. The van der Waals surface area contributed by atoms with E-state index in [-0.39, 0.29) is 10.9 Å². The minimum atomic E-state index is -4.73. The summed E-state index contributed by atoms with van der Waals surface area (Å²) in [6.45, 7) is 2.93. The van der Waals surface area contributed by atoms with E-state index in [1.807, 2.05) is 0 Å². The Bertz CT molecular complexity index is 1230. The summed E-state index contributed by atoms with van der Waals surface area (Å²) in [7, 11) is 0. The maximum absolute atomic E-state index is 13.7. The van der Waals surface area contributed by atoms with Crippen LogP contribution in [0.15, 0.2) is 47.6 Å². The zero-order chi connectivity index (χ0) is 23.9. The van der Waals surface area contributed by atoms with Gasteiger partial charge in [0.2, 0.25) is 5.16 Å². The summed E-state index contributed by atoms with van der Waals surface area (Å²) < 4.78 is 58.2. The molecule has 0 saturated carbocycles. The van der Waals surface area contributed by atoms with Crippen molar-refractivity contribution < 1.29 is 32.2 Å². The standard InChI is InChI=1S/C22H19F3N4O4S/c1-2-31-14-6-4-3-5-13(14)17-19(34-21-27-26-20(22(23,24)25)29(21)28-17)18(30)12-7-8-15-16(11-12)33-10-9-32-15/h3-8,11,17,19,28H,2,9-10H2,1H3/t17-,19+/m0/s1. The van der Waals surface area contributed by atoms with Gasteiger partial charge in [-0.2, -0.15) is 13.2 Å². The summed E-state index contributed by atoms with van der Waals surface area (Å²) in [5, 5.41) is 6.06. The third-order valence-corrected chi connectivity index (χ3v) is 6.54. The maximum atomic E-state index is 13.7. The van der Waals surface area contributed by atoms with Crippen LogP contribution in [0.4, 0.5) is 13.2 Å². The molecule has 0 unspecified atom stereocenters. The molecule has 0 fully saturated rings. The lowest BCUT2D eigenvalue weighted by atomic mass is 9.96. The van der Waals surface area contributed by atoms with Crippen molar-refractivity contribution in [1.29, 1.82) is 0 Å². The van der Waals surface area contributed by atoms with E-state index in [0.29, 0.717) is 48.2 Å². The van der Waals surface area contributed by atoms with Gasteiger partial charge in [-0.3, -0.25) is 4.79 Å². The number of aromatic nitrogens is 3. The highest BCUT2D eigenvalue weighted by atomic mass is 32.2. The second-order valence-corrected chi connectivity index (χ2v) is 8.59. The monoisotopic (exact) mass is 492 g/mol. The van der Waals surface area contributed by atoms with E-state index in [4.69, 9.17) is 14.2 Å². The maximum Gasteiger partial charge on any atom is 0.453 e. The summed E-state index contributed by atoms with van der Waals surface area (Å²) in [6, 6.07) is 10.9. The molecule has 0 spiro atoms. The highest BCUT2D eigenvalue weighted by Gasteiger charge is 2.45. The molecule has 2 aromatic carbocycles. The molecule has 8 nitrogen and oxygen atoms in total. The number of hydrogen-bond donors (Lipinski definition) is 1. The van der Waals surface area contributed by atoms with E-state index in [1.54, 1.807) is 49.4 Å². The van der Waals surface area contributed by atoms with Crippen LogP contribution < -0.4 is 19.6 Å². The molecule has 0 amide bonds. The van der Waals surface area contributed by atoms with Gasteiger partial charge in [0.05, 0.1) is 12.6 Å². The Balaban J connectivity index is 1.58. The van der Waals surface area contributed by atoms with Crippen LogP contribution in [0.5, 0.6) is 17.2 Å². The predicted octanol–water partition coefficient (Wildman–Crippen LogP) is 4.11. The number of rotatable bonds is 5. The topological polar surface area (TPSA) is 87.5 Å². The number of thioether (sulfide) groups is 1. The third-order valence-electron chi connectivity index (χ3n) is 5.33. The Labute approximate surface area is 196 Å². The normalized spacial score (nSPS) is 19.2. The molecule has 1 aromatic heterocycles. The SMILES string of the molecule is CCOc1ccccc1[C@@H]1Nn2c(nnc2C(F)(F)F)S[C@H]1C(=O)c1ccc2c(c1)OCCO2. The fourth-order valence-electron chi connectivity index (χ4n) is 3.86. The van der Waals surface area contributed by atoms with Gasteiger partial charge < -0.3 is 19.6 Å². The number of fused-ring (bicyclic) bond motifs is 2. The fraction of sp³-hybridized carbons (Fsp3) is 0.318. The van der Waals surface area contributed by atoms with Crippen LogP contribution in [-0.2, 0) is 6.18 Å². The van der Waals surface area contributed by atoms with Gasteiger partial charge in [-0.1, -0.05) is 30.0 Å². The number of nitrogens with one attached hydrogen (secondary N) is 1. The van der Waals surface area contributed by atoms with Crippen molar-refractivity contribution in [2.24, 2.45) is 0 Å². The number of ketones is 1. The van der Waals surface area contributed by atoms with Crippen molar-refractivity contribution >= 4 is 17.5 Å². The zero-order valence-electron chi connectivity index (χ0n) is 17.8. The van der Waals surface area contributed by atoms with Crippen LogP contribution in [0.25, 0.3) is 0 Å². The molecule has 1 N–H and O–H groups in total. The molecule has 3 heterocycles. The smallest absolute Gasteiger partial charge is 0.453 e. The molecule has 0 aliphatic carbocycles. The van der Waals surface area contributed by atoms with Crippen LogP contribution in [0.1, 0.15) is 34.7 Å². The molecule has 0 bridgehead atoms. The van der Waals surface area contributed by atoms with Gasteiger partial charge in [-0.05, 0) is 31.2 Å². The second kappa shape index (κ2) is 8.75. The largest absolute Gasteiger partial charge is 0.494 e. The molecule has 5 rings (SSSR count). The summed E-state index contributed by atoms with van der Waals surface area (Å²) in [6.07, 6.45) is -4.73. The fourth-order valence-corrected chi connectivity index (χ4v) is 5.00. The molecule has 12 heteroatoms. The number of Topliss-reactive ketones (excluding diaryl/α,β-unsaturated/α-hetero) is 1. The van der Waals surface area contributed by atoms with Crippen LogP contribution in [0.3, 0.4) is 0 Å². The first kappa shape index (κ1) is 22.4. The third kappa shape index (κ3) is 4.02. The average molecular weight is 492 g/mol. The Hall–Kier alpha value is -3.41. The Morgan fingerprint density at radius 1 is 1.18 bits per heavy atom. The van der Waals surface area contributed by atoms with E-state index < -0.39 is 23.3 Å². The summed E-state index contributed by atoms with van der Waals surface area (Å²) >= 11 is 0.914. The first-order valence-corrected chi connectivity index (χ1v) is 11.4. The van der Waals surface area contributed by atoms with Gasteiger partial charge >= 0.3 is 6.18 Å². The van der Waals surface area contributed by atoms with Crippen LogP contribution in [0, 0.1) is 0 Å². The van der Waals surface area contributed by atoms with Crippen molar-refractivity contribution in [3.63, 3.8) is 0 Å². The molecule has 3 aromatic rings. The van der Waals surface area contributed by atoms with E-state index >= 15 is 0 Å². The van der Waals surface area contributed by atoms with E-state index in [0.717, 1.165) is 16.4 Å². The van der Waals surface area contributed by atoms with Gasteiger partial charge in [0, 0.05) is 11.1 Å². The number of hydrogen-bond acceptors (Lipinski definition) is 8. The van der Waals surface area contributed by atoms with Crippen LogP contribution >= 0.6 is 11.8 Å². The minimum Gasteiger partial charge on any atom is -0.494 e. The molecule has 0 radical (unpaired) electrons. The van der Waals surface area contributed by atoms with Crippen molar-refractivity contribution in [3.8, 4) is 17.2 Å². The van der Waals surface area contributed by atoms with E-state index in [2.05, 4.69) is 15.6 Å². The lowest BCUT2D eigenvalue weighted by Gasteiger charge is -2.34. The highest BCUT2D eigenvalue weighted by molar-refractivity contribution is 8.00. The number of benzene rings is 2. The summed E-state index contributed by atoms with van der Waals surface area (Å²) in [5.41, 5.74) is 3.71. The number of carbonyl (C=O) groups is 1. The molecule has 178 valence electrons. The quantitative estimate of drug-likeness (QED) is 0.533. The molecule has 2 aliphatic rings. The number of alkyl halides is 3.